The number of halogens is 3. The van der Waals surface area contributed by atoms with Crippen LogP contribution in [-0.2, 0) is 17.8 Å². The quantitative estimate of drug-likeness (QED) is 0.712. The van der Waals surface area contributed by atoms with E-state index in [-0.39, 0.29) is 18.9 Å². The first-order chi connectivity index (χ1) is 14.8. The second-order valence-corrected chi connectivity index (χ2v) is 8.88. The Morgan fingerprint density at radius 2 is 1.81 bits per heavy atom. The van der Waals surface area contributed by atoms with Gasteiger partial charge in [-0.05, 0) is 67.1 Å². The van der Waals surface area contributed by atoms with Crippen molar-refractivity contribution in [1.82, 2.24) is 4.90 Å². The van der Waals surface area contributed by atoms with Crippen LogP contribution in [0.4, 0.5) is 18.9 Å². The van der Waals surface area contributed by atoms with Crippen molar-refractivity contribution in [2.75, 3.05) is 5.32 Å². The lowest BCUT2D eigenvalue weighted by atomic mass is 9.85. The molecule has 0 aliphatic carbocycles. The van der Waals surface area contributed by atoms with E-state index >= 15 is 0 Å². The second-order valence-electron chi connectivity index (χ2n) is 8.88. The zero-order valence-electron chi connectivity index (χ0n) is 18.3. The van der Waals surface area contributed by atoms with Crippen LogP contribution in [0.1, 0.15) is 66.2 Å². The van der Waals surface area contributed by atoms with Crippen molar-refractivity contribution in [3.05, 3.63) is 64.2 Å². The Balaban J connectivity index is 1.85. The summed E-state index contributed by atoms with van der Waals surface area (Å²) in [5, 5.41) is 12.1. The van der Waals surface area contributed by atoms with Crippen LogP contribution in [0.2, 0.25) is 0 Å². The lowest BCUT2D eigenvalue weighted by molar-refractivity contribution is -0.192. The molecule has 0 spiro atoms. The highest BCUT2D eigenvalue weighted by molar-refractivity contribution is 6.04. The van der Waals surface area contributed by atoms with Crippen LogP contribution in [0.3, 0.4) is 0 Å². The number of anilines is 1. The molecule has 8 heteroatoms. The lowest BCUT2D eigenvalue weighted by Crippen LogP contribution is -2.55. The summed E-state index contributed by atoms with van der Waals surface area (Å²) in [6.45, 7) is 6.91. The molecular weight excluding hydrogens is 419 g/mol. The largest absolute Gasteiger partial charge is 0.471 e. The molecule has 2 amide bonds. The van der Waals surface area contributed by atoms with Crippen molar-refractivity contribution < 1.29 is 22.8 Å². The number of nitriles is 1. The molecule has 5 nitrogen and oxygen atoms in total. The molecule has 0 radical (unpaired) electrons. The maximum Gasteiger partial charge on any atom is 0.471 e. The Morgan fingerprint density at radius 1 is 1.12 bits per heavy atom. The fraction of sp³-hybridized carbons (Fsp3) is 0.375. The van der Waals surface area contributed by atoms with Gasteiger partial charge in [-0.1, -0.05) is 26.0 Å². The zero-order valence-corrected chi connectivity index (χ0v) is 18.3. The highest BCUT2D eigenvalue weighted by atomic mass is 19.4. The molecule has 1 aliphatic heterocycles. The fourth-order valence-electron chi connectivity index (χ4n) is 3.97. The van der Waals surface area contributed by atoms with E-state index in [9.17, 15) is 28.0 Å². The molecule has 0 unspecified atom stereocenters. The summed E-state index contributed by atoms with van der Waals surface area (Å²) in [7, 11) is 0. The van der Waals surface area contributed by atoms with Crippen LogP contribution in [0.25, 0.3) is 0 Å². The van der Waals surface area contributed by atoms with Crippen LogP contribution in [0.5, 0.6) is 0 Å². The van der Waals surface area contributed by atoms with Crippen molar-refractivity contribution in [1.29, 1.82) is 5.26 Å². The molecule has 0 saturated heterocycles. The molecule has 1 N–H and O–H groups in total. The van der Waals surface area contributed by atoms with Gasteiger partial charge in [0.1, 0.15) is 0 Å². The Labute approximate surface area is 184 Å². The van der Waals surface area contributed by atoms with E-state index in [2.05, 4.69) is 11.4 Å². The topological polar surface area (TPSA) is 73.2 Å². The average Bonchev–Trinajstić information content (AvgIpc) is 2.71. The standard InChI is InChI=1S/C24H24F3N3O2/c1-14(2)20-8-6-15(9-17(20)12-28)21(31)29-19-7-5-16-11-23(3,4)30(13-18(16)10-19)22(32)24(25,26)27/h5-10,14H,11,13H2,1-4H3,(H,29,31). The van der Waals surface area contributed by atoms with Crippen molar-refractivity contribution >= 4 is 17.5 Å². The van der Waals surface area contributed by atoms with Gasteiger partial charge in [-0.3, -0.25) is 9.59 Å². The SMILES string of the molecule is CC(C)c1ccc(C(=O)Nc2ccc3c(c2)CN(C(=O)C(F)(F)F)C(C)(C)C3)cc1C#N. The van der Waals surface area contributed by atoms with E-state index in [0.717, 1.165) is 16.0 Å². The van der Waals surface area contributed by atoms with Gasteiger partial charge < -0.3 is 10.2 Å². The summed E-state index contributed by atoms with van der Waals surface area (Å²) in [4.78, 5) is 25.5. The number of hydrogen-bond donors (Lipinski definition) is 1. The normalized spacial score (nSPS) is 15.2. The number of benzene rings is 2. The van der Waals surface area contributed by atoms with Gasteiger partial charge >= 0.3 is 12.1 Å². The van der Waals surface area contributed by atoms with E-state index < -0.39 is 23.5 Å². The molecule has 0 fully saturated rings. The van der Waals surface area contributed by atoms with Gasteiger partial charge in [-0.15, -0.1) is 0 Å². The Hall–Kier alpha value is -3.34. The number of nitrogens with one attached hydrogen (secondary N) is 1. The smallest absolute Gasteiger partial charge is 0.325 e. The number of rotatable bonds is 3. The third-order valence-electron chi connectivity index (χ3n) is 5.69. The fourth-order valence-corrected chi connectivity index (χ4v) is 3.97. The lowest BCUT2D eigenvalue weighted by Gasteiger charge is -2.43. The zero-order chi connectivity index (χ0) is 23.8. The van der Waals surface area contributed by atoms with Crippen LogP contribution in [0, 0.1) is 11.3 Å². The first-order valence-electron chi connectivity index (χ1n) is 10.2. The predicted molar refractivity (Wildman–Crippen MR) is 114 cm³/mol. The molecule has 0 saturated carbocycles. The van der Waals surface area contributed by atoms with Crippen molar-refractivity contribution in [2.24, 2.45) is 0 Å². The van der Waals surface area contributed by atoms with Crippen molar-refractivity contribution in [3.8, 4) is 6.07 Å². The van der Waals surface area contributed by atoms with Gasteiger partial charge in [0.25, 0.3) is 5.91 Å². The van der Waals surface area contributed by atoms with Gasteiger partial charge in [-0.25, -0.2) is 0 Å². The molecule has 1 heterocycles. The van der Waals surface area contributed by atoms with Crippen LogP contribution < -0.4 is 5.32 Å². The molecule has 2 aromatic rings. The van der Waals surface area contributed by atoms with Crippen molar-refractivity contribution in [2.45, 2.75) is 58.3 Å². The predicted octanol–water partition coefficient (Wildman–Crippen LogP) is 5.16. The van der Waals surface area contributed by atoms with Gasteiger partial charge in [0, 0.05) is 23.3 Å². The Kier molecular flexibility index (Phi) is 6.05. The van der Waals surface area contributed by atoms with E-state index in [4.69, 9.17) is 0 Å². The third kappa shape index (κ3) is 4.62. The summed E-state index contributed by atoms with van der Waals surface area (Å²) in [6, 6.07) is 12.0. The number of hydrogen-bond acceptors (Lipinski definition) is 3. The van der Waals surface area contributed by atoms with Crippen LogP contribution >= 0.6 is 0 Å². The first-order valence-corrected chi connectivity index (χ1v) is 10.2. The molecule has 168 valence electrons. The van der Waals surface area contributed by atoms with Gasteiger partial charge in [0.2, 0.25) is 0 Å². The molecular formula is C24H24F3N3O2. The van der Waals surface area contributed by atoms with E-state index in [0.29, 0.717) is 22.4 Å². The minimum Gasteiger partial charge on any atom is -0.325 e. The molecule has 0 aromatic heterocycles. The molecule has 32 heavy (non-hydrogen) atoms. The monoisotopic (exact) mass is 443 g/mol. The number of carbonyl (C=O) groups is 2. The summed E-state index contributed by atoms with van der Waals surface area (Å²) in [6.07, 6.45) is -4.69. The molecule has 0 bridgehead atoms. The molecule has 3 rings (SSSR count). The highest BCUT2D eigenvalue weighted by Crippen LogP contribution is 2.35. The van der Waals surface area contributed by atoms with Gasteiger partial charge in [0.05, 0.1) is 11.6 Å². The van der Waals surface area contributed by atoms with E-state index in [1.165, 1.54) is 6.07 Å². The van der Waals surface area contributed by atoms with Crippen LogP contribution in [0.15, 0.2) is 36.4 Å². The minimum absolute atomic E-state index is 0.133. The first kappa shape index (κ1) is 23.3. The number of nitrogens with zero attached hydrogens (tertiary/aromatic N) is 2. The van der Waals surface area contributed by atoms with E-state index in [1.807, 2.05) is 13.8 Å². The molecule has 0 atom stereocenters. The summed E-state index contributed by atoms with van der Waals surface area (Å²) in [5.41, 5.74) is 2.35. The number of alkyl halides is 3. The number of carbonyl (C=O) groups excluding carboxylic acids is 2. The van der Waals surface area contributed by atoms with Crippen LogP contribution in [-0.4, -0.2) is 28.4 Å². The molecule has 2 aromatic carbocycles. The average molecular weight is 443 g/mol. The number of amides is 2. The van der Waals surface area contributed by atoms with E-state index in [1.54, 1.807) is 44.2 Å². The number of fused-ring (bicyclic) bond motifs is 1. The summed E-state index contributed by atoms with van der Waals surface area (Å²) >= 11 is 0. The minimum atomic E-state index is -4.96. The highest BCUT2D eigenvalue weighted by Gasteiger charge is 2.48. The van der Waals surface area contributed by atoms with Gasteiger partial charge in [-0.2, -0.15) is 18.4 Å². The maximum atomic E-state index is 13.1. The Bertz CT molecular complexity index is 1110. The second kappa shape index (κ2) is 8.30. The van der Waals surface area contributed by atoms with Crippen molar-refractivity contribution in [3.63, 3.8) is 0 Å². The summed E-state index contributed by atoms with van der Waals surface area (Å²) in [5.74, 6) is -2.18. The summed E-state index contributed by atoms with van der Waals surface area (Å²) < 4.78 is 39.2. The van der Waals surface area contributed by atoms with Gasteiger partial charge in [0.15, 0.2) is 0 Å². The third-order valence-corrected chi connectivity index (χ3v) is 5.69. The Morgan fingerprint density at radius 3 is 2.41 bits per heavy atom. The maximum absolute atomic E-state index is 13.1. The molecule has 1 aliphatic rings.